The summed E-state index contributed by atoms with van der Waals surface area (Å²) in [5.41, 5.74) is -4.03. The third-order valence-corrected chi connectivity index (χ3v) is 5.00. The van der Waals surface area contributed by atoms with Crippen LogP contribution in [-0.2, 0) is 71.9 Å². The van der Waals surface area contributed by atoms with Gasteiger partial charge in [-0.05, 0) is 83.1 Å². The molecule has 0 atom stereocenters. The van der Waals surface area contributed by atoms with Crippen LogP contribution in [-0.4, -0.2) is 173 Å². The second-order valence-electron chi connectivity index (χ2n) is 19.6. The Bertz CT molecular complexity index is 800. The summed E-state index contributed by atoms with van der Waals surface area (Å²) in [6.45, 7) is 38.4. The van der Waals surface area contributed by atoms with Gasteiger partial charge in [0.2, 0.25) is 0 Å². The van der Waals surface area contributed by atoms with Crippen LogP contribution in [0.4, 0.5) is 0 Å². The molecule has 0 fully saturated rings. The molecule has 0 saturated carbocycles. The molecular weight excluding hydrogens is 922 g/mol. The Hall–Kier alpha value is 0.823. The molecule has 0 aromatic carbocycles. The minimum Gasteiger partial charge on any atom is -0.695 e. The van der Waals surface area contributed by atoms with E-state index >= 15 is 0 Å². The van der Waals surface area contributed by atoms with Gasteiger partial charge in [-0.25, -0.2) is 24.8 Å². The molecule has 0 radical (unpaired) electrons. The van der Waals surface area contributed by atoms with Crippen LogP contribution in [0, 0.1) is 17.8 Å². The maximum absolute atomic E-state index is 8.89. The Morgan fingerprint density at radius 3 is 0.567 bits per heavy atom. The number of hydrogen-bond donors (Lipinski definition) is 6. The predicted molar refractivity (Wildman–Crippen MR) is 266 cm³/mol. The number of nitrogens with zero attached hydrogens (tertiary/aromatic N) is 4. The second kappa shape index (κ2) is 61.1. The Morgan fingerprint density at radius 1 is 0.358 bits per heavy atom. The topological polar surface area (TPSA) is 233 Å². The van der Waals surface area contributed by atoms with Crippen molar-refractivity contribution in [3.05, 3.63) is 46.1 Å². The third kappa shape index (κ3) is 177. The summed E-state index contributed by atoms with van der Waals surface area (Å²) in [6.07, 6.45) is 7.02. The van der Waals surface area contributed by atoms with Crippen LogP contribution in [0.1, 0.15) is 125 Å². The van der Waals surface area contributed by atoms with Crippen molar-refractivity contribution in [1.29, 1.82) is 0 Å². The molecule has 0 bridgehead atoms. The maximum Gasteiger partial charge on any atom is 2.00 e. The molecule has 0 amide bonds. The van der Waals surface area contributed by atoms with Crippen LogP contribution in [0.15, 0.2) is 24.8 Å². The molecule has 0 aliphatic heterocycles. The van der Waals surface area contributed by atoms with Crippen molar-refractivity contribution < 1.29 is 140 Å². The van der Waals surface area contributed by atoms with Crippen molar-refractivity contribution in [1.82, 2.24) is 0 Å². The summed E-state index contributed by atoms with van der Waals surface area (Å²) >= 11 is 0. The van der Waals surface area contributed by atoms with Gasteiger partial charge in [0.25, 0.3) is 0 Å². The van der Waals surface area contributed by atoms with Crippen molar-refractivity contribution in [2.45, 2.75) is 158 Å². The molecule has 0 saturated heterocycles. The Kier molecular flexibility index (Phi) is 88.7. The molecule has 0 aliphatic carbocycles. The minimum atomic E-state index is -0.672. The number of rotatable bonds is 22. The molecule has 0 aromatic heterocycles. The summed E-state index contributed by atoms with van der Waals surface area (Å²) in [5, 5.41) is 69.6. The van der Waals surface area contributed by atoms with Gasteiger partial charge in [-0.3, -0.25) is 0 Å². The number of aliphatic hydroxyl groups is 6. The van der Waals surface area contributed by atoms with Gasteiger partial charge in [0.05, 0.1) is 73.2 Å². The standard InChI is InChI=1S/C10H20N2.C7H14N2.6C5H12O2.2Li.2Ti/c1-9(2)7-11-5-6-12-8-10(3)4;1-7(2)6-9-5-4-8-3;6*1-5(2,6)4-7-3;;;;/h5-6,9-10H,7-8H2,1-4H3;4-5,7H,6H2,1-3H3;6*6H,4H2,1-3H3;;;;/q2*-2;;;;;;;2*+1;;+2/b;5-4-;;;;;;;;;;. The minimum absolute atomic E-state index is 0. The van der Waals surface area contributed by atoms with Crippen LogP contribution in [0.5, 0.6) is 0 Å². The van der Waals surface area contributed by atoms with Crippen molar-refractivity contribution in [3.8, 4) is 0 Å². The molecular formula is C47H106Li2N4O12Ti2. The molecule has 20 heteroatoms. The van der Waals surface area contributed by atoms with E-state index in [0.717, 1.165) is 19.6 Å². The van der Waals surface area contributed by atoms with E-state index in [1.165, 1.54) is 0 Å². The normalized spacial score (nSPS) is 11.0. The number of methoxy groups -OCH3 is 6. The van der Waals surface area contributed by atoms with E-state index < -0.39 is 33.6 Å². The van der Waals surface area contributed by atoms with Gasteiger partial charge >= 0.3 is 59.4 Å². The first-order valence-electron chi connectivity index (χ1n) is 21.4. The number of hydrogen-bond acceptors (Lipinski definition) is 12. The zero-order valence-electron chi connectivity index (χ0n) is 48.3. The Labute approximate surface area is 467 Å². The van der Waals surface area contributed by atoms with Crippen LogP contribution >= 0.6 is 0 Å². The van der Waals surface area contributed by atoms with Gasteiger partial charge in [-0.15, -0.1) is 26.7 Å². The van der Waals surface area contributed by atoms with Crippen molar-refractivity contribution in [3.63, 3.8) is 0 Å². The Balaban J connectivity index is -0.0000000516. The maximum atomic E-state index is 8.89. The van der Waals surface area contributed by atoms with Gasteiger partial charge in [-0.1, -0.05) is 59.3 Å². The fourth-order valence-corrected chi connectivity index (χ4v) is 3.14. The van der Waals surface area contributed by atoms with E-state index in [1.54, 1.807) is 158 Å². The fourth-order valence-electron chi connectivity index (χ4n) is 3.14. The molecule has 0 aliphatic rings. The third-order valence-electron chi connectivity index (χ3n) is 5.00. The van der Waals surface area contributed by atoms with E-state index in [2.05, 4.69) is 91.2 Å². The molecule has 0 unspecified atom stereocenters. The number of ether oxygens (including phenoxy) is 6. The molecule has 6 N–H and O–H groups in total. The monoisotopic (exact) mass is 1030 g/mol. The first-order valence-corrected chi connectivity index (χ1v) is 21.4. The van der Waals surface area contributed by atoms with Gasteiger partial charge < -0.3 is 80.3 Å². The summed E-state index contributed by atoms with van der Waals surface area (Å²) in [7, 11) is 11.1. The largest absolute Gasteiger partial charge is 2.00 e. The summed E-state index contributed by atoms with van der Waals surface area (Å²) < 4.78 is 27.9. The van der Waals surface area contributed by atoms with E-state index in [0.29, 0.717) is 57.4 Å². The summed E-state index contributed by atoms with van der Waals surface area (Å²) in [6, 6.07) is 0. The van der Waals surface area contributed by atoms with Gasteiger partial charge in [0.1, 0.15) is 0 Å². The molecule has 0 rings (SSSR count). The van der Waals surface area contributed by atoms with E-state index in [1.807, 2.05) is 0 Å². The quantitative estimate of drug-likeness (QED) is 0.0860. The van der Waals surface area contributed by atoms with Crippen LogP contribution in [0.2, 0.25) is 0 Å². The molecule has 396 valence electrons. The first kappa shape index (κ1) is 97.2. The zero-order valence-corrected chi connectivity index (χ0v) is 51.5. The first-order chi connectivity index (χ1) is 28.3. The zero-order chi connectivity index (χ0) is 52.0. The van der Waals surface area contributed by atoms with Crippen LogP contribution in [0.25, 0.3) is 21.3 Å². The molecule has 0 heterocycles. The Morgan fingerprint density at radius 2 is 0.493 bits per heavy atom. The average molecular weight is 1030 g/mol. The van der Waals surface area contributed by atoms with Gasteiger partial charge in [0, 0.05) is 64.4 Å². The molecule has 0 spiro atoms. The van der Waals surface area contributed by atoms with E-state index in [-0.39, 0.29) is 81.2 Å². The average Bonchev–Trinajstić information content (AvgIpc) is 3.03. The fraction of sp³-hybridized carbons (Fsp3) is 0.915. The smallest absolute Gasteiger partial charge is 0.695 e. The molecule has 16 nitrogen and oxygen atoms in total. The summed E-state index contributed by atoms with van der Waals surface area (Å²) in [5.74, 6) is 1.92. The van der Waals surface area contributed by atoms with Crippen molar-refractivity contribution in [2.75, 3.05) is 109 Å². The van der Waals surface area contributed by atoms with Crippen LogP contribution in [0.3, 0.4) is 0 Å². The van der Waals surface area contributed by atoms with Gasteiger partial charge in [-0.2, -0.15) is 0 Å². The molecule has 0 aromatic rings. The van der Waals surface area contributed by atoms with Crippen molar-refractivity contribution in [2.24, 2.45) is 17.8 Å². The SMILES string of the molecule is CC(C)C[N-]C=C[N-]CC(C)C.COCC(C)(C)O.COCC(C)(C)O.COCC(C)(C)O.COCC(C)(C)O.COCC(C)(C)O.COCC(C)(C)O.C[N-]/C=C\[N-]CC(C)C.[Li+].[Li+].[Ti+2].[Ti]. The van der Waals surface area contributed by atoms with Crippen LogP contribution < -0.4 is 37.7 Å². The van der Waals surface area contributed by atoms with Crippen molar-refractivity contribution >= 4 is 0 Å². The summed E-state index contributed by atoms with van der Waals surface area (Å²) in [4.78, 5) is 0. The second-order valence-corrected chi connectivity index (χ2v) is 19.6. The predicted octanol–water partition coefficient (Wildman–Crippen LogP) is 2.43. The van der Waals surface area contributed by atoms with Gasteiger partial charge in [0.15, 0.2) is 0 Å². The van der Waals surface area contributed by atoms with E-state index in [9.17, 15) is 0 Å². The van der Waals surface area contributed by atoms with E-state index in [4.69, 9.17) is 30.6 Å². The molecule has 67 heavy (non-hydrogen) atoms.